The second-order valence-electron chi connectivity index (χ2n) is 4.03. The van der Waals surface area contributed by atoms with Crippen molar-refractivity contribution in [2.45, 2.75) is 31.7 Å². The number of hydrogen-bond donors (Lipinski definition) is 2. The van der Waals surface area contributed by atoms with Gasteiger partial charge in [0.1, 0.15) is 0 Å². The van der Waals surface area contributed by atoms with Crippen LogP contribution in [0.4, 0.5) is 0 Å². The second-order valence-corrected chi connectivity index (χ2v) is 4.03. The number of nitrogens with two attached hydrogens (primary N) is 1. The Balaban J connectivity index is 1.94. The maximum atomic E-state index is 5.56. The number of rotatable bonds is 4. The van der Waals surface area contributed by atoms with E-state index in [1.807, 2.05) is 12.3 Å². The number of hydrazine groups is 1. The molecule has 0 radical (unpaired) electrons. The number of nitrogens with one attached hydrogen (secondary N) is 1. The van der Waals surface area contributed by atoms with E-state index < -0.39 is 0 Å². The van der Waals surface area contributed by atoms with E-state index in [9.17, 15) is 0 Å². The standard InChI is InChI=1S/C11H17N3/c12-14-11(10-4-1-5-10)7-9-3-2-6-13-8-9/h2-3,6,8,10-11,14H,1,4-5,7,12H2. The summed E-state index contributed by atoms with van der Waals surface area (Å²) in [6.07, 6.45) is 8.70. The van der Waals surface area contributed by atoms with Crippen molar-refractivity contribution in [2.75, 3.05) is 0 Å². The van der Waals surface area contributed by atoms with Crippen LogP contribution in [0.2, 0.25) is 0 Å². The Labute approximate surface area is 84.7 Å². The Morgan fingerprint density at radius 2 is 2.43 bits per heavy atom. The minimum Gasteiger partial charge on any atom is -0.271 e. The Morgan fingerprint density at radius 1 is 1.57 bits per heavy atom. The Bertz CT molecular complexity index is 269. The smallest absolute Gasteiger partial charge is 0.0300 e. The van der Waals surface area contributed by atoms with Crippen LogP contribution >= 0.6 is 0 Å². The molecule has 2 rings (SSSR count). The quantitative estimate of drug-likeness (QED) is 0.556. The van der Waals surface area contributed by atoms with Gasteiger partial charge in [-0.25, -0.2) is 0 Å². The van der Waals surface area contributed by atoms with Crippen molar-refractivity contribution in [3.05, 3.63) is 30.1 Å². The normalized spacial score (nSPS) is 18.9. The fourth-order valence-corrected chi connectivity index (χ4v) is 1.98. The van der Waals surface area contributed by atoms with E-state index in [0.29, 0.717) is 6.04 Å². The Morgan fingerprint density at radius 3 is 2.93 bits per heavy atom. The molecule has 3 nitrogen and oxygen atoms in total. The minimum absolute atomic E-state index is 0.424. The van der Waals surface area contributed by atoms with Crippen molar-refractivity contribution < 1.29 is 0 Å². The third kappa shape index (κ3) is 2.11. The molecule has 3 N–H and O–H groups in total. The van der Waals surface area contributed by atoms with Crippen molar-refractivity contribution in [2.24, 2.45) is 11.8 Å². The predicted molar refractivity (Wildman–Crippen MR) is 56.4 cm³/mol. The SMILES string of the molecule is NNC(Cc1cccnc1)C1CCC1. The zero-order valence-corrected chi connectivity index (χ0v) is 8.32. The lowest BCUT2D eigenvalue weighted by molar-refractivity contribution is 0.228. The average molecular weight is 191 g/mol. The molecule has 0 spiro atoms. The van der Waals surface area contributed by atoms with Crippen molar-refractivity contribution in [3.63, 3.8) is 0 Å². The van der Waals surface area contributed by atoms with Gasteiger partial charge in [0.2, 0.25) is 0 Å². The second kappa shape index (κ2) is 4.53. The third-order valence-electron chi connectivity index (χ3n) is 3.11. The van der Waals surface area contributed by atoms with Gasteiger partial charge < -0.3 is 0 Å². The van der Waals surface area contributed by atoms with Crippen LogP contribution in [0.1, 0.15) is 24.8 Å². The van der Waals surface area contributed by atoms with E-state index in [2.05, 4.69) is 16.5 Å². The minimum atomic E-state index is 0.424. The molecule has 1 aromatic heterocycles. The number of aromatic nitrogens is 1. The van der Waals surface area contributed by atoms with Gasteiger partial charge in [-0.1, -0.05) is 12.5 Å². The lowest BCUT2D eigenvalue weighted by Crippen LogP contribution is -2.44. The van der Waals surface area contributed by atoms with Gasteiger partial charge in [-0.2, -0.15) is 0 Å². The van der Waals surface area contributed by atoms with Gasteiger partial charge in [0.15, 0.2) is 0 Å². The summed E-state index contributed by atoms with van der Waals surface area (Å²) in [6.45, 7) is 0. The molecule has 1 saturated carbocycles. The highest BCUT2D eigenvalue weighted by molar-refractivity contribution is 5.10. The summed E-state index contributed by atoms with van der Waals surface area (Å²) in [4.78, 5) is 4.11. The Kier molecular flexibility index (Phi) is 3.11. The molecular formula is C11H17N3. The maximum Gasteiger partial charge on any atom is 0.0300 e. The summed E-state index contributed by atoms with van der Waals surface area (Å²) in [5.41, 5.74) is 4.19. The molecule has 1 aliphatic carbocycles. The molecule has 1 aromatic rings. The van der Waals surface area contributed by atoms with E-state index in [0.717, 1.165) is 12.3 Å². The largest absolute Gasteiger partial charge is 0.271 e. The predicted octanol–water partition coefficient (Wildman–Crippen LogP) is 1.26. The highest BCUT2D eigenvalue weighted by Gasteiger charge is 2.26. The van der Waals surface area contributed by atoms with Crippen LogP contribution < -0.4 is 11.3 Å². The monoisotopic (exact) mass is 191 g/mol. The van der Waals surface area contributed by atoms with E-state index >= 15 is 0 Å². The van der Waals surface area contributed by atoms with Gasteiger partial charge in [-0.05, 0) is 36.8 Å². The van der Waals surface area contributed by atoms with Gasteiger partial charge in [0.25, 0.3) is 0 Å². The molecule has 0 aromatic carbocycles. The molecule has 1 heterocycles. The van der Waals surface area contributed by atoms with Gasteiger partial charge in [-0.15, -0.1) is 0 Å². The van der Waals surface area contributed by atoms with Crippen molar-refractivity contribution in [1.82, 2.24) is 10.4 Å². The summed E-state index contributed by atoms with van der Waals surface area (Å²) in [7, 11) is 0. The van der Waals surface area contributed by atoms with Crippen LogP contribution in [0.15, 0.2) is 24.5 Å². The molecule has 1 unspecified atom stereocenters. The third-order valence-corrected chi connectivity index (χ3v) is 3.11. The topological polar surface area (TPSA) is 50.9 Å². The van der Waals surface area contributed by atoms with Crippen LogP contribution in [-0.4, -0.2) is 11.0 Å². The molecule has 0 bridgehead atoms. The van der Waals surface area contributed by atoms with Crippen LogP contribution in [0.5, 0.6) is 0 Å². The van der Waals surface area contributed by atoms with E-state index in [1.165, 1.54) is 24.8 Å². The lowest BCUT2D eigenvalue weighted by Gasteiger charge is -2.33. The summed E-state index contributed by atoms with van der Waals surface area (Å²) in [6, 6.07) is 4.51. The van der Waals surface area contributed by atoms with Crippen LogP contribution in [0, 0.1) is 5.92 Å². The summed E-state index contributed by atoms with van der Waals surface area (Å²) >= 11 is 0. The van der Waals surface area contributed by atoms with Gasteiger partial charge in [0, 0.05) is 18.4 Å². The molecule has 14 heavy (non-hydrogen) atoms. The fourth-order valence-electron chi connectivity index (χ4n) is 1.98. The molecule has 0 saturated heterocycles. The highest BCUT2D eigenvalue weighted by Crippen LogP contribution is 2.30. The molecular weight excluding hydrogens is 174 g/mol. The Hall–Kier alpha value is -0.930. The van der Waals surface area contributed by atoms with Crippen LogP contribution in [-0.2, 0) is 6.42 Å². The fraction of sp³-hybridized carbons (Fsp3) is 0.545. The highest BCUT2D eigenvalue weighted by atomic mass is 15.2. The van der Waals surface area contributed by atoms with Crippen LogP contribution in [0.25, 0.3) is 0 Å². The number of pyridine rings is 1. The van der Waals surface area contributed by atoms with Crippen molar-refractivity contribution >= 4 is 0 Å². The van der Waals surface area contributed by atoms with E-state index in [-0.39, 0.29) is 0 Å². The average Bonchev–Trinajstić information content (AvgIpc) is 2.15. The van der Waals surface area contributed by atoms with Gasteiger partial charge >= 0.3 is 0 Å². The van der Waals surface area contributed by atoms with E-state index in [4.69, 9.17) is 5.84 Å². The zero-order valence-electron chi connectivity index (χ0n) is 8.32. The molecule has 1 atom stereocenters. The molecule has 0 aliphatic heterocycles. The first-order chi connectivity index (χ1) is 6.90. The maximum absolute atomic E-state index is 5.56. The summed E-state index contributed by atoms with van der Waals surface area (Å²) < 4.78 is 0. The first-order valence-electron chi connectivity index (χ1n) is 5.25. The number of nitrogens with zero attached hydrogens (tertiary/aromatic N) is 1. The van der Waals surface area contributed by atoms with Gasteiger partial charge in [0.05, 0.1) is 0 Å². The molecule has 76 valence electrons. The van der Waals surface area contributed by atoms with Crippen molar-refractivity contribution in [1.29, 1.82) is 0 Å². The number of hydrogen-bond acceptors (Lipinski definition) is 3. The van der Waals surface area contributed by atoms with Crippen molar-refractivity contribution in [3.8, 4) is 0 Å². The van der Waals surface area contributed by atoms with E-state index in [1.54, 1.807) is 6.20 Å². The lowest BCUT2D eigenvalue weighted by atomic mass is 9.78. The van der Waals surface area contributed by atoms with Gasteiger partial charge in [-0.3, -0.25) is 16.3 Å². The first-order valence-corrected chi connectivity index (χ1v) is 5.25. The molecule has 0 amide bonds. The van der Waals surface area contributed by atoms with Crippen LogP contribution in [0.3, 0.4) is 0 Å². The first kappa shape index (κ1) is 9.62. The molecule has 3 heteroatoms. The molecule has 1 fully saturated rings. The zero-order chi connectivity index (χ0) is 9.80. The summed E-state index contributed by atoms with van der Waals surface area (Å²) in [5, 5.41) is 0. The molecule has 1 aliphatic rings. The summed E-state index contributed by atoms with van der Waals surface area (Å²) in [5.74, 6) is 6.32.